The van der Waals surface area contributed by atoms with Crippen molar-refractivity contribution in [3.05, 3.63) is 0 Å². The molecule has 0 rings (SSSR count). The van der Waals surface area contributed by atoms with E-state index in [0.717, 1.165) is 0 Å². The fourth-order valence-electron chi connectivity index (χ4n) is 1.76. The van der Waals surface area contributed by atoms with Gasteiger partial charge < -0.3 is 4.74 Å². The van der Waals surface area contributed by atoms with Crippen molar-refractivity contribution in [3.63, 3.8) is 0 Å². The molecule has 4 nitrogen and oxygen atoms in total. The van der Waals surface area contributed by atoms with Gasteiger partial charge in [0, 0.05) is 0 Å². The molecule has 0 N–H and O–H groups in total. The van der Waals surface area contributed by atoms with Crippen LogP contribution < -0.4 is 0 Å². The summed E-state index contributed by atoms with van der Waals surface area (Å²) in [5.74, 6) is -26.3. The van der Waals surface area contributed by atoms with E-state index in [-0.39, 0.29) is 12.8 Å². The maximum absolute atomic E-state index is 14.1. The molecule has 0 aliphatic heterocycles. The van der Waals surface area contributed by atoms with Crippen LogP contribution in [0.1, 0.15) is 26.2 Å². The third-order valence-corrected chi connectivity index (χ3v) is 3.61. The van der Waals surface area contributed by atoms with Gasteiger partial charge in [-0.3, -0.25) is 9.47 Å². The Balaban J connectivity index is 6.53. The Hall–Kier alpha value is -1.80. The Bertz CT molecular complexity index is 728. The van der Waals surface area contributed by atoms with E-state index in [9.17, 15) is 79.4 Å². The number of carbonyl (C=O) groups is 1. The molecular formula is C14H11F17O4. The van der Waals surface area contributed by atoms with Crippen molar-refractivity contribution in [1.29, 1.82) is 0 Å². The fourth-order valence-corrected chi connectivity index (χ4v) is 1.76. The van der Waals surface area contributed by atoms with Gasteiger partial charge in [-0.2, -0.15) is 74.6 Å². The number of unbranched alkanes of at least 4 members (excludes halogenated alkanes) is 2. The van der Waals surface area contributed by atoms with Crippen molar-refractivity contribution in [2.75, 3.05) is 6.61 Å². The van der Waals surface area contributed by atoms with Crippen LogP contribution in [0.15, 0.2) is 0 Å². The predicted octanol–water partition coefficient (Wildman–Crippen LogP) is 6.59. The highest BCUT2D eigenvalue weighted by Gasteiger charge is 2.85. The average molecular weight is 566 g/mol. The molecule has 0 saturated heterocycles. The molecule has 210 valence electrons. The number of halogens is 17. The standard InChI is InChI=1S/C14H11F17O4/c1-2-3-4-5-33-6(32)7(15,10(19,20)21)34-14(30,31)9(18,12(25,26)27)35-13(28,29)8(16,17)11(22,23)24/h2-5H2,1H3/t7-,9-/m0/s1. The highest BCUT2D eigenvalue weighted by molar-refractivity contribution is 5.78. The summed E-state index contributed by atoms with van der Waals surface area (Å²) < 4.78 is 227. The Morgan fingerprint density at radius 2 is 1.06 bits per heavy atom. The van der Waals surface area contributed by atoms with E-state index in [1.54, 1.807) is 0 Å². The van der Waals surface area contributed by atoms with Crippen LogP contribution in [0.3, 0.4) is 0 Å². The first kappa shape index (κ1) is 33.2. The van der Waals surface area contributed by atoms with Gasteiger partial charge in [-0.25, -0.2) is 4.79 Å². The van der Waals surface area contributed by atoms with Crippen molar-refractivity contribution in [2.24, 2.45) is 0 Å². The van der Waals surface area contributed by atoms with Crippen molar-refractivity contribution >= 4 is 5.97 Å². The first-order valence-electron chi connectivity index (χ1n) is 8.43. The summed E-state index contributed by atoms with van der Waals surface area (Å²) in [6, 6.07) is 0. The maximum atomic E-state index is 14.1. The van der Waals surface area contributed by atoms with Gasteiger partial charge in [-0.05, 0) is 6.42 Å². The number of hydrogen-bond donors (Lipinski definition) is 0. The Morgan fingerprint density at radius 1 is 0.600 bits per heavy atom. The molecule has 0 aliphatic carbocycles. The van der Waals surface area contributed by atoms with E-state index < -0.39 is 67.4 Å². The third kappa shape index (κ3) is 6.50. The summed E-state index contributed by atoms with van der Waals surface area (Å²) in [6.45, 7) is 0.229. The van der Waals surface area contributed by atoms with Gasteiger partial charge >= 0.3 is 54.3 Å². The van der Waals surface area contributed by atoms with Gasteiger partial charge in [-0.1, -0.05) is 19.8 Å². The summed E-state index contributed by atoms with van der Waals surface area (Å²) in [6.07, 6.45) is -38.6. The Labute approximate surface area is 182 Å². The highest BCUT2D eigenvalue weighted by Crippen LogP contribution is 2.56. The Morgan fingerprint density at radius 3 is 1.40 bits per heavy atom. The number of ether oxygens (including phenoxy) is 3. The molecule has 0 bridgehead atoms. The van der Waals surface area contributed by atoms with E-state index in [1.807, 2.05) is 4.74 Å². The summed E-state index contributed by atoms with van der Waals surface area (Å²) in [5, 5.41) is 0. The maximum Gasteiger partial charge on any atom is 0.462 e. The van der Waals surface area contributed by atoms with Crippen LogP contribution in [0.5, 0.6) is 0 Å². The lowest BCUT2D eigenvalue weighted by atomic mass is 10.2. The molecule has 0 fully saturated rings. The van der Waals surface area contributed by atoms with Gasteiger partial charge in [0.15, 0.2) is 0 Å². The van der Waals surface area contributed by atoms with Gasteiger partial charge in [0.25, 0.3) is 0 Å². The largest absolute Gasteiger partial charge is 0.462 e. The zero-order chi connectivity index (χ0) is 28.5. The van der Waals surface area contributed by atoms with Gasteiger partial charge in [0.2, 0.25) is 0 Å². The normalized spacial score (nSPS) is 18.1. The minimum atomic E-state index is -8.04. The second kappa shape index (κ2) is 9.92. The van der Waals surface area contributed by atoms with Gasteiger partial charge in [0.05, 0.1) is 6.61 Å². The molecule has 0 aromatic heterocycles. The quantitative estimate of drug-likeness (QED) is 0.161. The van der Waals surface area contributed by atoms with Gasteiger partial charge in [-0.15, -0.1) is 0 Å². The molecule has 0 radical (unpaired) electrons. The van der Waals surface area contributed by atoms with Crippen LogP contribution in [0.2, 0.25) is 0 Å². The SMILES string of the molecule is CCCCCOC(=O)[C@](F)(OC(F)(F)[C@@](F)(OC(F)(F)C(F)(F)C(F)(F)F)C(F)(F)F)C(F)(F)F. The zero-order valence-electron chi connectivity index (χ0n) is 16.4. The molecule has 2 atom stereocenters. The van der Waals surface area contributed by atoms with Crippen LogP contribution >= 0.6 is 0 Å². The molecule has 35 heavy (non-hydrogen) atoms. The topological polar surface area (TPSA) is 44.8 Å². The molecule has 0 aromatic carbocycles. The minimum absolute atomic E-state index is 0.0353. The molecule has 21 heteroatoms. The molecule has 0 saturated carbocycles. The Kier molecular flexibility index (Phi) is 9.41. The first-order valence-corrected chi connectivity index (χ1v) is 8.43. The van der Waals surface area contributed by atoms with E-state index in [4.69, 9.17) is 0 Å². The van der Waals surface area contributed by atoms with E-state index in [2.05, 4.69) is 4.74 Å². The smallest absolute Gasteiger partial charge is 0.461 e. The van der Waals surface area contributed by atoms with Crippen LogP contribution in [-0.2, 0) is 19.0 Å². The fraction of sp³-hybridized carbons (Fsp3) is 0.929. The molecule has 0 heterocycles. The lowest BCUT2D eigenvalue weighted by Crippen LogP contribution is -2.68. The van der Waals surface area contributed by atoms with E-state index in [1.165, 1.54) is 11.7 Å². The minimum Gasteiger partial charge on any atom is -0.461 e. The molecule has 0 aromatic rings. The van der Waals surface area contributed by atoms with Crippen molar-refractivity contribution in [2.45, 2.75) is 74.6 Å². The first-order chi connectivity index (χ1) is 15.1. The zero-order valence-corrected chi connectivity index (χ0v) is 16.4. The average Bonchev–Trinajstić information content (AvgIpc) is 2.61. The van der Waals surface area contributed by atoms with Crippen LogP contribution in [0.4, 0.5) is 74.6 Å². The molecule has 0 unspecified atom stereocenters. The second-order valence-electron chi connectivity index (χ2n) is 6.34. The van der Waals surface area contributed by atoms with E-state index >= 15 is 0 Å². The molecule has 0 amide bonds. The number of hydrogen-bond acceptors (Lipinski definition) is 4. The number of esters is 1. The lowest BCUT2D eigenvalue weighted by Gasteiger charge is -2.39. The third-order valence-electron chi connectivity index (χ3n) is 3.61. The number of alkyl halides is 17. The summed E-state index contributed by atoms with van der Waals surface area (Å²) >= 11 is 0. The summed E-state index contributed by atoms with van der Waals surface area (Å²) in [7, 11) is 0. The highest BCUT2D eigenvalue weighted by atomic mass is 19.4. The predicted molar refractivity (Wildman–Crippen MR) is 73.3 cm³/mol. The molecular weight excluding hydrogens is 555 g/mol. The lowest BCUT2D eigenvalue weighted by molar-refractivity contribution is -0.548. The summed E-state index contributed by atoms with van der Waals surface area (Å²) in [5.41, 5.74) is 0. The van der Waals surface area contributed by atoms with Crippen molar-refractivity contribution < 1.29 is 93.6 Å². The van der Waals surface area contributed by atoms with E-state index in [0.29, 0.717) is 0 Å². The van der Waals surface area contributed by atoms with Crippen LogP contribution in [0.25, 0.3) is 0 Å². The second-order valence-corrected chi connectivity index (χ2v) is 6.34. The number of carbonyl (C=O) groups excluding carboxylic acids is 1. The van der Waals surface area contributed by atoms with Crippen LogP contribution in [-0.4, -0.2) is 61.0 Å². The van der Waals surface area contributed by atoms with Crippen LogP contribution in [0, 0.1) is 0 Å². The van der Waals surface area contributed by atoms with Crippen molar-refractivity contribution in [3.8, 4) is 0 Å². The van der Waals surface area contributed by atoms with Crippen molar-refractivity contribution in [1.82, 2.24) is 0 Å². The summed E-state index contributed by atoms with van der Waals surface area (Å²) in [4.78, 5) is 11.3. The monoisotopic (exact) mass is 566 g/mol. The molecule has 0 spiro atoms. The van der Waals surface area contributed by atoms with Gasteiger partial charge in [0.1, 0.15) is 0 Å². The molecule has 0 aliphatic rings. The number of rotatable bonds is 11.